The minimum absolute atomic E-state index is 0. The Balaban J connectivity index is 0.00000144. The fourth-order valence-corrected chi connectivity index (χ4v) is 1.94. The van der Waals surface area contributed by atoms with E-state index in [0.717, 1.165) is 24.1 Å². The van der Waals surface area contributed by atoms with E-state index in [1.165, 1.54) is 7.11 Å². The summed E-state index contributed by atoms with van der Waals surface area (Å²) in [5, 5.41) is 17.0. The van der Waals surface area contributed by atoms with Crippen molar-refractivity contribution in [3.05, 3.63) is 23.3 Å². The van der Waals surface area contributed by atoms with Crippen LogP contribution < -0.4 is 10.5 Å². The van der Waals surface area contributed by atoms with Crippen LogP contribution in [0.4, 0.5) is 0 Å². The number of phenolic OH excluding ortho intramolecular Hbond substituents is 1. The molecule has 2 rings (SSSR count). The van der Waals surface area contributed by atoms with E-state index in [4.69, 9.17) is 15.9 Å². The van der Waals surface area contributed by atoms with Gasteiger partial charge in [-0.05, 0) is 29.7 Å². The number of benzene rings is 1. The Bertz CT molecular complexity index is 437. The predicted octanol–water partition coefficient (Wildman–Crippen LogP) is 1.07. The molecule has 1 aromatic rings. The molecule has 0 spiro atoms. The lowest BCUT2D eigenvalue weighted by Gasteiger charge is -2.29. The first-order valence-corrected chi connectivity index (χ1v) is 5.09. The molecule has 0 saturated heterocycles. The third-order valence-corrected chi connectivity index (χ3v) is 2.85. The van der Waals surface area contributed by atoms with Crippen LogP contribution in [0.2, 0.25) is 0 Å². The Morgan fingerprint density at radius 2 is 2.18 bits per heavy atom. The minimum Gasteiger partial charge on any atom is -0.504 e. The average Bonchev–Trinajstić information content (AvgIpc) is 2.27. The number of rotatable bonds is 1. The van der Waals surface area contributed by atoms with Crippen LogP contribution in [0, 0.1) is 5.41 Å². The summed E-state index contributed by atoms with van der Waals surface area (Å²) in [6.07, 6.45) is 0.811. The Morgan fingerprint density at radius 1 is 1.47 bits per heavy atom. The molecule has 1 aliphatic rings. The van der Waals surface area contributed by atoms with Crippen molar-refractivity contribution in [3.8, 4) is 11.5 Å². The number of hydrogen-bond donors (Lipinski definition) is 3. The van der Waals surface area contributed by atoms with E-state index in [0.29, 0.717) is 12.3 Å². The summed E-state index contributed by atoms with van der Waals surface area (Å²) in [7, 11) is 1.53. The van der Waals surface area contributed by atoms with Crippen LogP contribution in [-0.4, -0.2) is 29.6 Å². The fourth-order valence-electron chi connectivity index (χ4n) is 1.94. The highest BCUT2D eigenvalue weighted by Gasteiger charge is 2.19. The van der Waals surface area contributed by atoms with Crippen LogP contribution in [0.15, 0.2) is 12.1 Å². The average molecular weight is 258 g/mol. The first-order chi connectivity index (χ1) is 7.61. The standard InChI is InChI=1S/C11H15N3O2.ClH/c1-16-10-5-7-2-3-14(11(12)13)6-8(7)4-9(10)15;/h4-5,15H,2-3,6H2,1H3,(H3,12,13);1H. The van der Waals surface area contributed by atoms with Crippen molar-refractivity contribution in [1.82, 2.24) is 4.90 Å². The molecule has 0 atom stereocenters. The van der Waals surface area contributed by atoms with Gasteiger partial charge in [-0.3, -0.25) is 5.41 Å². The van der Waals surface area contributed by atoms with Gasteiger partial charge >= 0.3 is 0 Å². The molecule has 0 saturated carbocycles. The van der Waals surface area contributed by atoms with Gasteiger partial charge in [0.25, 0.3) is 0 Å². The zero-order chi connectivity index (χ0) is 11.7. The van der Waals surface area contributed by atoms with Gasteiger partial charge in [-0.2, -0.15) is 0 Å². The lowest BCUT2D eigenvalue weighted by molar-refractivity contribution is 0.361. The van der Waals surface area contributed by atoms with Crippen molar-refractivity contribution < 1.29 is 9.84 Å². The third kappa shape index (κ3) is 2.55. The van der Waals surface area contributed by atoms with Crippen molar-refractivity contribution in [3.63, 3.8) is 0 Å². The van der Waals surface area contributed by atoms with Crippen LogP contribution >= 0.6 is 12.4 Å². The normalized spacial score (nSPS) is 13.6. The number of nitrogens with two attached hydrogens (primary N) is 1. The molecular formula is C11H16ClN3O2. The van der Waals surface area contributed by atoms with Gasteiger partial charge in [0.05, 0.1) is 7.11 Å². The second kappa shape index (κ2) is 5.14. The maximum Gasteiger partial charge on any atom is 0.188 e. The zero-order valence-corrected chi connectivity index (χ0v) is 10.4. The number of fused-ring (bicyclic) bond motifs is 1. The summed E-state index contributed by atoms with van der Waals surface area (Å²) in [5.74, 6) is 0.697. The van der Waals surface area contributed by atoms with E-state index in [-0.39, 0.29) is 24.1 Å². The molecule has 5 nitrogen and oxygen atoms in total. The number of halogens is 1. The van der Waals surface area contributed by atoms with Crippen LogP contribution in [0.5, 0.6) is 11.5 Å². The molecule has 0 bridgehead atoms. The number of nitrogens with one attached hydrogen (secondary N) is 1. The van der Waals surface area contributed by atoms with Gasteiger partial charge in [0, 0.05) is 13.1 Å². The van der Waals surface area contributed by atoms with Gasteiger partial charge in [0.15, 0.2) is 17.5 Å². The van der Waals surface area contributed by atoms with Gasteiger partial charge in [-0.1, -0.05) is 0 Å². The van der Waals surface area contributed by atoms with Crippen LogP contribution in [0.25, 0.3) is 0 Å². The highest BCUT2D eigenvalue weighted by Crippen LogP contribution is 2.32. The van der Waals surface area contributed by atoms with E-state index < -0.39 is 0 Å². The first kappa shape index (κ1) is 13.4. The third-order valence-electron chi connectivity index (χ3n) is 2.85. The summed E-state index contributed by atoms with van der Waals surface area (Å²) in [4.78, 5) is 1.77. The number of hydrogen-bond acceptors (Lipinski definition) is 3. The van der Waals surface area contributed by atoms with Gasteiger partial charge < -0.3 is 20.5 Å². The van der Waals surface area contributed by atoms with Crippen molar-refractivity contribution in [2.45, 2.75) is 13.0 Å². The lowest BCUT2D eigenvalue weighted by atomic mass is 9.99. The maximum atomic E-state index is 9.66. The molecule has 0 aliphatic carbocycles. The predicted molar refractivity (Wildman–Crippen MR) is 67.9 cm³/mol. The molecule has 0 aromatic heterocycles. The van der Waals surface area contributed by atoms with Crippen LogP contribution in [-0.2, 0) is 13.0 Å². The fraction of sp³-hybridized carbons (Fsp3) is 0.364. The summed E-state index contributed by atoms with van der Waals surface area (Å²) in [6, 6.07) is 3.53. The second-order valence-electron chi connectivity index (χ2n) is 3.85. The zero-order valence-electron chi connectivity index (χ0n) is 9.56. The Labute approximate surface area is 106 Å². The van der Waals surface area contributed by atoms with Crippen molar-refractivity contribution in [2.24, 2.45) is 5.73 Å². The number of ether oxygens (including phenoxy) is 1. The maximum absolute atomic E-state index is 9.66. The van der Waals surface area contributed by atoms with Gasteiger partial charge in [0.2, 0.25) is 0 Å². The minimum atomic E-state index is 0. The lowest BCUT2D eigenvalue weighted by Crippen LogP contribution is -2.40. The molecule has 17 heavy (non-hydrogen) atoms. The number of guanidine groups is 1. The van der Waals surface area contributed by atoms with Crippen LogP contribution in [0.3, 0.4) is 0 Å². The van der Waals surface area contributed by atoms with Crippen molar-refractivity contribution in [1.29, 1.82) is 5.41 Å². The summed E-state index contributed by atoms with van der Waals surface area (Å²) in [6.45, 7) is 1.30. The smallest absolute Gasteiger partial charge is 0.188 e. The highest BCUT2D eigenvalue weighted by atomic mass is 35.5. The second-order valence-corrected chi connectivity index (χ2v) is 3.85. The molecule has 94 valence electrons. The van der Waals surface area contributed by atoms with Crippen molar-refractivity contribution in [2.75, 3.05) is 13.7 Å². The van der Waals surface area contributed by atoms with Crippen molar-refractivity contribution >= 4 is 18.4 Å². The van der Waals surface area contributed by atoms with E-state index in [1.807, 2.05) is 6.07 Å². The summed E-state index contributed by atoms with van der Waals surface area (Å²) in [5.41, 5.74) is 7.59. The molecule has 0 radical (unpaired) electrons. The molecule has 0 unspecified atom stereocenters. The molecule has 6 heteroatoms. The highest BCUT2D eigenvalue weighted by molar-refractivity contribution is 5.85. The van der Waals surface area contributed by atoms with Gasteiger partial charge in [-0.15, -0.1) is 12.4 Å². The quantitative estimate of drug-likeness (QED) is 0.519. The Hall–Kier alpha value is -1.62. The number of nitrogens with zero attached hydrogens (tertiary/aromatic N) is 1. The SMILES string of the molecule is COc1cc2c(cc1O)CN(C(=N)N)CC2.Cl. The summed E-state index contributed by atoms with van der Waals surface area (Å²) >= 11 is 0. The van der Waals surface area contributed by atoms with E-state index >= 15 is 0 Å². The molecule has 0 amide bonds. The molecular weight excluding hydrogens is 242 g/mol. The Morgan fingerprint density at radius 3 is 2.76 bits per heavy atom. The largest absolute Gasteiger partial charge is 0.504 e. The molecule has 1 heterocycles. The van der Waals surface area contributed by atoms with Gasteiger partial charge in [-0.25, -0.2) is 0 Å². The Kier molecular flexibility index (Phi) is 4.07. The monoisotopic (exact) mass is 257 g/mol. The molecule has 1 aliphatic heterocycles. The van der Waals surface area contributed by atoms with E-state index in [2.05, 4.69) is 0 Å². The molecule has 1 aromatic carbocycles. The summed E-state index contributed by atoms with van der Waals surface area (Å²) < 4.78 is 5.05. The number of methoxy groups -OCH3 is 1. The van der Waals surface area contributed by atoms with Crippen LogP contribution in [0.1, 0.15) is 11.1 Å². The molecule has 4 N–H and O–H groups in total. The van der Waals surface area contributed by atoms with E-state index in [1.54, 1.807) is 11.0 Å². The van der Waals surface area contributed by atoms with E-state index in [9.17, 15) is 5.11 Å². The van der Waals surface area contributed by atoms with Gasteiger partial charge in [0.1, 0.15) is 0 Å². The number of aromatic hydroxyl groups is 1. The molecule has 0 fully saturated rings. The topological polar surface area (TPSA) is 82.6 Å². The number of phenols is 1. The first-order valence-electron chi connectivity index (χ1n) is 5.09.